The van der Waals surface area contributed by atoms with Gasteiger partial charge in [0.05, 0.1) is 5.52 Å². The molecule has 0 spiro atoms. The number of anilines is 2. The van der Waals surface area contributed by atoms with E-state index in [4.69, 9.17) is 21.3 Å². The highest BCUT2D eigenvalue weighted by Gasteiger charge is 2.15. The third-order valence-corrected chi connectivity index (χ3v) is 5.29. The summed E-state index contributed by atoms with van der Waals surface area (Å²) in [6.07, 6.45) is 2.91. The van der Waals surface area contributed by atoms with Gasteiger partial charge in [0.25, 0.3) is 5.91 Å². The van der Waals surface area contributed by atoms with Crippen LogP contribution in [0.2, 0.25) is 5.02 Å². The molecule has 2 heterocycles. The average Bonchev–Trinajstić information content (AvgIpc) is 2.97. The number of hydrogen-bond donors (Lipinski definition) is 1. The molecule has 156 valence electrons. The van der Waals surface area contributed by atoms with E-state index in [0.717, 1.165) is 49.5 Å². The van der Waals surface area contributed by atoms with E-state index in [0.29, 0.717) is 16.5 Å². The van der Waals surface area contributed by atoms with Crippen molar-refractivity contribution in [3.63, 3.8) is 0 Å². The van der Waals surface area contributed by atoms with Gasteiger partial charge < -0.3 is 19.9 Å². The Labute approximate surface area is 180 Å². The van der Waals surface area contributed by atoms with Gasteiger partial charge in [0.15, 0.2) is 6.61 Å². The highest BCUT2D eigenvalue weighted by molar-refractivity contribution is 6.30. The van der Waals surface area contributed by atoms with Crippen LogP contribution in [0.5, 0.6) is 5.75 Å². The van der Waals surface area contributed by atoms with Crippen molar-refractivity contribution in [1.29, 1.82) is 0 Å². The number of halogens is 1. The van der Waals surface area contributed by atoms with E-state index in [9.17, 15) is 4.79 Å². The zero-order valence-electron chi connectivity index (χ0n) is 16.8. The van der Waals surface area contributed by atoms with Crippen LogP contribution in [0.1, 0.15) is 6.42 Å². The van der Waals surface area contributed by atoms with Gasteiger partial charge in [-0.25, -0.2) is 9.97 Å². The van der Waals surface area contributed by atoms with Gasteiger partial charge in [-0.15, -0.1) is 0 Å². The number of nitrogens with zero attached hydrogens (tertiary/aromatic N) is 4. The molecule has 1 amide bonds. The first-order valence-corrected chi connectivity index (χ1v) is 10.3. The van der Waals surface area contributed by atoms with Crippen molar-refractivity contribution in [2.45, 2.75) is 6.42 Å². The summed E-state index contributed by atoms with van der Waals surface area (Å²) in [7, 11) is 2.14. The Bertz CT molecular complexity index is 1030. The van der Waals surface area contributed by atoms with Gasteiger partial charge in [-0.2, -0.15) is 0 Å². The van der Waals surface area contributed by atoms with E-state index in [1.54, 1.807) is 24.3 Å². The molecule has 0 radical (unpaired) electrons. The largest absolute Gasteiger partial charge is 0.484 e. The summed E-state index contributed by atoms with van der Waals surface area (Å²) in [5, 5.41) is 4.34. The van der Waals surface area contributed by atoms with Gasteiger partial charge in [0, 0.05) is 41.9 Å². The number of carbonyl (C=O) groups excluding carboxylic acids is 1. The predicted octanol–water partition coefficient (Wildman–Crippen LogP) is 3.44. The molecule has 1 saturated heterocycles. The van der Waals surface area contributed by atoms with Crippen molar-refractivity contribution >= 4 is 40.0 Å². The fourth-order valence-electron chi connectivity index (χ4n) is 3.38. The summed E-state index contributed by atoms with van der Waals surface area (Å²) in [5.41, 5.74) is 1.54. The Hall–Kier alpha value is -2.90. The summed E-state index contributed by atoms with van der Waals surface area (Å²) in [6.45, 7) is 3.89. The lowest BCUT2D eigenvalue weighted by Gasteiger charge is -2.20. The average molecular weight is 426 g/mol. The van der Waals surface area contributed by atoms with Crippen LogP contribution in [0, 0.1) is 0 Å². The summed E-state index contributed by atoms with van der Waals surface area (Å²) in [5.74, 6) is 1.11. The maximum Gasteiger partial charge on any atom is 0.262 e. The fourth-order valence-corrected chi connectivity index (χ4v) is 3.50. The second-order valence-electron chi connectivity index (χ2n) is 7.38. The van der Waals surface area contributed by atoms with Gasteiger partial charge in [0.1, 0.15) is 5.75 Å². The Morgan fingerprint density at radius 3 is 2.80 bits per heavy atom. The van der Waals surface area contributed by atoms with Crippen LogP contribution >= 0.6 is 11.6 Å². The normalized spacial score (nSPS) is 15.1. The molecule has 1 aliphatic heterocycles. The van der Waals surface area contributed by atoms with Gasteiger partial charge in [-0.05, 0) is 62.5 Å². The van der Waals surface area contributed by atoms with Crippen LogP contribution in [0.4, 0.5) is 11.6 Å². The molecular formula is C22H24ClN5O2. The van der Waals surface area contributed by atoms with E-state index in [1.807, 2.05) is 24.4 Å². The molecular weight excluding hydrogens is 402 g/mol. The first-order valence-electron chi connectivity index (χ1n) is 9.95. The number of hydrogen-bond acceptors (Lipinski definition) is 6. The third-order valence-electron chi connectivity index (χ3n) is 5.04. The molecule has 0 bridgehead atoms. The van der Waals surface area contributed by atoms with Crippen molar-refractivity contribution in [3.05, 3.63) is 53.7 Å². The lowest BCUT2D eigenvalue weighted by atomic mass is 10.2. The van der Waals surface area contributed by atoms with Crippen LogP contribution in [-0.2, 0) is 4.79 Å². The quantitative estimate of drug-likeness (QED) is 0.675. The number of likely N-dealkylation sites (N-methyl/N-ethyl adjacent to an activating group) is 1. The van der Waals surface area contributed by atoms with E-state index in [2.05, 4.69) is 27.1 Å². The molecule has 7 nitrogen and oxygen atoms in total. The number of fused-ring (bicyclic) bond motifs is 1. The van der Waals surface area contributed by atoms with Crippen LogP contribution in [0.15, 0.2) is 48.7 Å². The van der Waals surface area contributed by atoms with Crippen LogP contribution in [0.25, 0.3) is 10.9 Å². The minimum atomic E-state index is -0.240. The highest BCUT2D eigenvalue weighted by atomic mass is 35.5. The van der Waals surface area contributed by atoms with E-state index in [1.165, 1.54) is 0 Å². The van der Waals surface area contributed by atoms with Gasteiger partial charge in [0.2, 0.25) is 5.95 Å². The number of carbonyl (C=O) groups is 1. The number of benzene rings is 2. The molecule has 0 unspecified atom stereocenters. The minimum absolute atomic E-state index is 0.0848. The Morgan fingerprint density at radius 1 is 1.13 bits per heavy atom. The smallest absolute Gasteiger partial charge is 0.262 e. The first-order chi connectivity index (χ1) is 14.6. The van der Waals surface area contributed by atoms with Crippen molar-refractivity contribution in [1.82, 2.24) is 14.9 Å². The molecule has 0 saturated carbocycles. The zero-order valence-corrected chi connectivity index (χ0v) is 17.6. The molecule has 1 N–H and O–H groups in total. The minimum Gasteiger partial charge on any atom is -0.484 e. The van der Waals surface area contributed by atoms with E-state index >= 15 is 0 Å². The standard InChI is InChI=1S/C22H24ClN5O2/c1-27-9-2-10-28(12-11-27)22-24-14-16-13-18(5-8-20(16)26-22)25-21(29)15-30-19-6-3-17(23)4-7-19/h3-8,13-14H,2,9-12,15H2,1H3,(H,25,29). The Morgan fingerprint density at radius 2 is 1.97 bits per heavy atom. The predicted molar refractivity (Wildman–Crippen MR) is 119 cm³/mol. The SMILES string of the molecule is CN1CCCN(c2ncc3cc(NC(=O)COc4ccc(Cl)cc4)ccc3n2)CC1. The number of rotatable bonds is 5. The lowest BCUT2D eigenvalue weighted by Crippen LogP contribution is -2.30. The molecule has 0 atom stereocenters. The number of amides is 1. The summed E-state index contributed by atoms with van der Waals surface area (Å²) < 4.78 is 5.48. The number of ether oxygens (including phenoxy) is 1. The summed E-state index contributed by atoms with van der Waals surface area (Å²) in [6, 6.07) is 12.5. The molecule has 1 aliphatic rings. The molecule has 0 aliphatic carbocycles. The van der Waals surface area contributed by atoms with Crippen molar-refractivity contribution in [2.75, 3.05) is 50.1 Å². The zero-order chi connectivity index (χ0) is 20.9. The van der Waals surface area contributed by atoms with E-state index in [-0.39, 0.29) is 12.5 Å². The van der Waals surface area contributed by atoms with Crippen molar-refractivity contribution in [2.24, 2.45) is 0 Å². The molecule has 2 aromatic carbocycles. The molecule has 3 aromatic rings. The summed E-state index contributed by atoms with van der Waals surface area (Å²) in [4.78, 5) is 26.0. The molecule has 8 heteroatoms. The molecule has 4 rings (SSSR count). The second-order valence-corrected chi connectivity index (χ2v) is 7.81. The lowest BCUT2D eigenvalue weighted by molar-refractivity contribution is -0.118. The maximum absolute atomic E-state index is 12.2. The number of aromatic nitrogens is 2. The first kappa shape index (κ1) is 20.4. The molecule has 1 fully saturated rings. The summed E-state index contributed by atoms with van der Waals surface area (Å²) >= 11 is 5.85. The van der Waals surface area contributed by atoms with Crippen LogP contribution in [-0.4, -0.2) is 60.6 Å². The van der Waals surface area contributed by atoms with Gasteiger partial charge in [-0.1, -0.05) is 11.6 Å². The van der Waals surface area contributed by atoms with Crippen molar-refractivity contribution < 1.29 is 9.53 Å². The molecule has 30 heavy (non-hydrogen) atoms. The Balaban J connectivity index is 1.39. The van der Waals surface area contributed by atoms with Crippen LogP contribution in [0.3, 0.4) is 0 Å². The maximum atomic E-state index is 12.2. The highest BCUT2D eigenvalue weighted by Crippen LogP contribution is 2.21. The van der Waals surface area contributed by atoms with Crippen LogP contribution < -0.4 is 15.0 Å². The second kappa shape index (κ2) is 9.28. The topological polar surface area (TPSA) is 70.6 Å². The van der Waals surface area contributed by atoms with E-state index < -0.39 is 0 Å². The third kappa shape index (κ3) is 5.17. The molecule has 1 aromatic heterocycles. The monoisotopic (exact) mass is 425 g/mol. The van der Waals surface area contributed by atoms with Crippen molar-refractivity contribution in [3.8, 4) is 5.75 Å². The fraction of sp³-hybridized carbons (Fsp3) is 0.318. The Kier molecular flexibility index (Phi) is 6.30. The van der Waals surface area contributed by atoms with Gasteiger partial charge in [-0.3, -0.25) is 4.79 Å². The van der Waals surface area contributed by atoms with Gasteiger partial charge >= 0.3 is 0 Å². The number of nitrogens with one attached hydrogen (secondary N) is 1.